The minimum atomic E-state index is -3.27. The molecule has 1 amide bonds. The Morgan fingerprint density at radius 2 is 2.12 bits per heavy atom. The van der Waals surface area contributed by atoms with Gasteiger partial charge in [0.2, 0.25) is 15.9 Å². The van der Waals surface area contributed by atoms with Crippen LogP contribution in [0.25, 0.3) is 11.1 Å². The summed E-state index contributed by atoms with van der Waals surface area (Å²) in [7, 11) is -3.27. The van der Waals surface area contributed by atoms with Crippen LogP contribution in [-0.4, -0.2) is 55.3 Å². The number of benzene rings is 1. The molecule has 2 heterocycles. The maximum atomic E-state index is 12.4. The van der Waals surface area contributed by atoms with E-state index in [9.17, 15) is 13.2 Å². The van der Waals surface area contributed by atoms with Crippen LogP contribution in [0.3, 0.4) is 0 Å². The van der Waals surface area contributed by atoms with E-state index < -0.39 is 10.0 Å². The molecule has 26 heavy (non-hydrogen) atoms. The van der Waals surface area contributed by atoms with Gasteiger partial charge >= 0.3 is 0 Å². The van der Waals surface area contributed by atoms with Gasteiger partial charge in [0, 0.05) is 43.2 Å². The molecule has 0 saturated carbocycles. The second kappa shape index (κ2) is 8.01. The largest absolute Gasteiger partial charge is 0.342 e. The van der Waals surface area contributed by atoms with E-state index in [0.717, 1.165) is 35.9 Å². The number of hydrogen-bond donors (Lipinski definition) is 2. The van der Waals surface area contributed by atoms with Crippen LogP contribution in [0.15, 0.2) is 36.5 Å². The van der Waals surface area contributed by atoms with Gasteiger partial charge < -0.3 is 4.90 Å². The van der Waals surface area contributed by atoms with Crippen molar-refractivity contribution in [2.45, 2.75) is 25.2 Å². The van der Waals surface area contributed by atoms with Gasteiger partial charge in [0.25, 0.3) is 0 Å². The molecule has 1 atom stereocenters. The number of sulfonamides is 1. The lowest BCUT2D eigenvalue weighted by atomic mass is 9.90. The first kappa shape index (κ1) is 18.6. The van der Waals surface area contributed by atoms with Crippen molar-refractivity contribution in [2.24, 2.45) is 0 Å². The van der Waals surface area contributed by atoms with Crippen molar-refractivity contribution in [1.82, 2.24) is 19.8 Å². The quantitative estimate of drug-likeness (QED) is 0.802. The average Bonchev–Trinajstić information content (AvgIpc) is 3.11. The third kappa shape index (κ3) is 4.70. The van der Waals surface area contributed by atoms with E-state index in [1.807, 2.05) is 29.3 Å². The molecule has 7 nitrogen and oxygen atoms in total. The SMILES string of the molecule is CS(=O)(=O)NCCC(=O)N1CCC[C@H](c2[nH]ncc2-c2ccccc2)C1. The molecule has 140 valence electrons. The number of amides is 1. The van der Waals surface area contributed by atoms with Crippen molar-refractivity contribution in [3.63, 3.8) is 0 Å². The molecular weight excluding hydrogens is 352 g/mol. The molecule has 1 aliphatic heterocycles. The monoisotopic (exact) mass is 376 g/mol. The summed E-state index contributed by atoms with van der Waals surface area (Å²) in [6, 6.07) is 10.1. The molecule has 0 unspecified atom stereocenters. The zero-order valence-corrected chi connectivity index (χ0v) is 15.6. The number of nitrogens with zero attached hydrogens (tertiary/aromatic N) is 2. The Bertz CT molecular complexity index is 848. The highest BCUT2D eigenvalue weighted by molar-refractivity contribution is 7.88. The predicted octanol–water partition coefficient (Wildman–Crippen LogP) is 1.72. The lowest BCUT2D eigenvalue weighted by Gasteiger charge is -2.33. The van der Waals surface area contributed by atoms with Gasteiger partial charge in [-0.3, -0.25) is 9.89 Å². The molecule has 2 N–H and O–H groups in total. The summed E-state index contributed by atoms with van der Waals surface area (Å²) >= 11 is 0. The smallest absolute Gasteiger partial charge is 0.223 e. The number of carbonyl (C=O) groups excluding carboxylic acids is 1. The van der Waals surface area contributed by atoms with Gasteiger partial charge in [0.05, 0.1) is 12.5 Å². The molecular formula is C18H24N4O3S. The van der Waals surface area contributed by atoms with E-state index in [1.165, 1.54) is 0 Å². The summed E-state index contributed by atoms with van der Waals surface area (Å²) in [6.45, 7) is 1.47. The van der Waals surface area contributed by atoms with Crippen LogP contribution in [0.2, 0.25) is 0 Å². The fourth-order valence-corrected chi connectivity index (χ4v) is 3.87. The Morgan fingerprint density at radius 3 is 2.85 bits per heavy atom. The van der Waals surface area contributed by atoms with Crippen LogP contribution in [0.5, 0.6) is 0 Å². The van der Waals surface area contributed by atoms with E-state index in [1.54, 1.807) is 0 Å². The second-order valence-electron chi connectivity index (χ2n) is 6.66. The Labute approximate surface area is 153 Å². The van der Waals surface area contributed by atoms with Gasteiger partial charge in [-0.2, -0.15) is 5.10 Å². The number of rotatable bonds is 6. The van der Waals surface area contributed by atoms with Crippen LogP contribution in [0.1, 0.15) is 30.9 Å². The highest BCUT2D eigenvalue weighted by atomic mass is 32.2. The maximum absolute atomic E-state index is 12.4. The molecule has 1 fully saturated rings. The number of aromatic nitrogens is 2. The number of nitrogens with one attached hydrogen (secondary N) is 2. The molecule has 1 saturated heterocycles. The molecule has 1 aliphatic rings. The predicted molar refractivity (Wildman–Crippen MR) is 100 cm³/mol. The fraction of sp³-hybridized carbons (Fsp3) is 0.444. The third-order valence-corrected chi connectivity index (χ3v) is 5.37. The number of likely N-dealkylation sites (tertiary alicyclic amines) is 1. The average molecular weight is 376 g/mol. The van der Waals surface area contributed by atoms with Crippen molar-refractivity contribution >= 4 is 15.9 Å². The maximum Gasteiger partial charge on any atom is 0.223 e. The van der Waals surface area contributed by atoms with Gasteiger partial charge in [-0.05, 0) is 18.4 Å². The Hall–Kier alpha value is -2.19. The number of hydrogen-bond acceptors (Lipinski definition) is 4. The molecule has 0 radical (unpaired) electrons. The molecule has 2 aromatic rings. The highest BCUT2D eigenvalue weighted by Gasteiger charge is 2.27. The van der Waals surface area contributed by atoms with Crippen LogP contribution < -0.4 is 4.72 Å². The van der Waals surface area contributed by atoms with Gasteiger partial charge in [0.15, 0.2) is 0 Å². The first-order valence-corrected chi connectivity index (χ1v) is 10.6. The molecule has 0 aliphatic carbocycles. The van der Waals surface area contributed by atoms with Crippen molar-refractivity contribution in [1.29, 1.82) is 0 Å². The van der Waals surface area contributed by atoms with Gasteiger partial charge in [-0.15, -0.1) is 0 Å². The highest BCUT2D eigenvalue weighted by Crippen LogP contribution is 2.33. The first-order valence-electron chi connectivity index (χ1n) is 8.75. The summed E-state index contributed by atoms with van der Waals surface area (Å²) in [4.78, 5) is 14.2. The molecule has 1 aromatic carbocycles. The number of carbonyl (C=O) groups is 1. The van der Waals surface area contributed by atoms with Crippen molar-refractivity contribution in [2.75, 3.05) is 25.9 Å². The van der Waals surface area contributed by atoms with E-state index in [-0.39, 0.29) is 24.8 Å². The van der Waals surface area contributed by atoms with Gasteiger partial charge in [-0.1, -0.05) is 30.3 Å². The minimum absolute atomic E-state index is 0.0216. The van der Waals surface area contributed by atoms with Crippen LogP contribution in [0, 0.1) is 0 Å². The van der Waals surface area contributed by atoms with Crippen LogP contribution >= 0.6 is 0 Å². The van der Waals surface area contributed by atoms with E-state index >= 15 is 0 Å². The topological polar surface area (TPSA) is 95.2 Å². The summed E-state index contributed by atoms with van der Waals surface area (Å²) in [5, 5.41) is 7.33. The number of piperidine rings is 1. The third-order valence-electron chi connectivity index (χ3n) is 4.64. The summed E-state index contributed by atoms with van der Waals surface area (Å²) in [6.07, 6.45) is 5.02. The molecule has 3 rings (SSSR count). The lowest BCUT2D eigenvalue weighted by Crippen LogP contribution is -2.40. The Kier molecular flexibility index (Phi) is 5.73. The van der Waals surface area contributed by atoms with Crippen LogP contribution in [0.4, 0.5) is 0 Å². The first-order chi connectivity index (χ1) is 12.4. The van der Waals surface area contributed by atoms with Gasteiger partial charge in [-0.25, -0.2) is 13.1 Å². The molecule has 0 bridgehead atoms. The molecule has 1 aromatic heterocycles. The van der Waals surface area contributed by atoms with E-state index in [2.05, 4.69) is 27.1 Å². The number of H-pyrrole nitrogens is 1. The van der Waals surface area contributed by atoms with Crippen molar-refractivity contribution in [3.05, 3.63) is 42.2 Å². The standard InChI is InChI=1S/C18H24N4O3S/c1-26(24,25)20-10-9-17(23)22-11-5-8-15(13-22)18-16(12-19-21-18)14-6-3-2-4-7-14/h2-4,6-7,12,15,20H,5,8-11,13H2,1H3,(H,19,21)/t15-/m0/s1. The minimum Gasteiger partial charge on any atom is -0.342 e. The van der Waals surface area contributed by atoms with Crippen LogP contribution in [-0.2, 0) is 14.8 Å². The summed E-state index contributed by atoms with van der Waals surface area (Å²) in [5.74, 6) is 0.180. The van der Waals surface area contributed by atoms with Gasteiger partial charge in [0.1, 0.15) is 0 Å². The Balaban J connectivity index is 1.66. The lowest BCUT2D eigenvalue weighted by molar-refractivity contribution is -0.132. The number of aromatic amines is 1. The second-order valence-corrected chi connectivity index (χ2v) is 8.49. The zero-order valence-electron chi connectivity index (χ0n) is 14.8. The van der Waals surface area contributed by atoms with Crippen molar-refractivity contribution in [3.8, 4) is 11.1 Å². The van der Waals surface area contributed by atoms with E-state index in [0.29, 0.717) is 13.1 Å². The summed E-state index contributed by atoms with van der Waals surface area (Å²) < 4.78 is 24.6. The molecule has 8 heteroatoms. The normalized spacial score (nSPS) is 18.0. The zero-order chi connectivity index (χ0) is 18.6. The molecule has 0 spiro atoms. The fourth-order valence-electron chi connectivity index (χ4n) is 3.40. The summed E-state index contributed by atoms with van der Waals surface area (Å²) in [5.41, 5.74) is 3.24. The van der Waals surface area contributed by atoms with Crippen molar-refractivity contribution < 1.29 is 13.2 Å². The Morgan fingerprint density at radius 1 is 1.35 bits per heavy atom. The van der Waals surface area contributed by atoms with E-state index in [4.69, 9.17) is 0 Å².